The van der Waals surface area contributed by atoms with Crippen LogP contribution in [-0.4, -0.2) is 0 Å². The second-order valence-corrected chi connectivity index (χ2v) is 3.55. The Kier molecular flexibility index (Phi) is 2.24. The Morgan fingerprint density at radius 1 is 1.29 bits per heavy atom. The van der Waals surface area contributed by atoms with Crippen LogP contribution < -0.4 is 5.73 Å². The van der Waals surface area contributed by atoms with Gasteiger partial charge in [0.2, 0.25) is 0 Å². The predicted molar refractivity (Wildman–Crippen MR) is 55.2 cm³/mol. The van der Waals surface area contributed by atoms with Gasteiger partial charge >= 0.3 is 0 Å². The van der Waals surface area contributed by atoms with Gasteiger partial charge in [0.15, 0.2) is 0 Å². The van der Waals surface area contributed by atoms with Crippen LogP contribution in [0.4, 0.5) is 0 Å². The molecule has 0 radical (unpaired) electrons. The van der Waals surface area contributed by atoms with Crippen molar-refractivity contribution in [2.24, 2.45) is 5.73 Å². The Bertz CT molecular complexity index is 398. The Morgan fingerprint density at radius 2 is 2.00 bits per heavy atom. The van der Waals surface area contributed by atoms with Gasteiger partial charge in [0.05, 0.1) is 6.07 Å². The fourth-order valence-corrected chi connectivity index (χ4v) is 1.95. The van der Waals surface area contributed by atoms with Crippen molar-refractivity contribution in [3.63, 3.8) is 0 Å². The van der Waals surface area contributed by atoms with Crippen molar-refractivity contribution in [1.29, 1.82) is 5.26 Å². The molecule has 0 saturated heterocycles. The molecule has 0 amide bonds. The third kappa shape index (κ3) is 1.38. The fourth-order valence-electron chi connectivity index (χ4n) is 1.95. The van der Waals surface area contributed by atoms with Gasteiger partial charge in [0, 0.05) is 17.2 Å². The molecule has 0 bridgehead atoms. The van der Waals surface area contributed by atoms with Crippen molar-refractivity contribution in [2.45, 2.75) is 18.8 Å². The van der Waals surface area contributed by atoms with Crippen molar-refractivity contribution < 1.29 is 0 Å². The molecule has 70 valence electrons. The topological polar surface area (TPSA) is 49.8 Å². The highest BCUT2D eigenvalue weighted by atomic mass is 14.6. The van der Waals surface area contributed by atoms with E-state index in [1.54, 1.807) is 0 Å². The van der Waals surface area contributed by atoms with Crippen LogP contribution in [0.2, 0.25) is 0 Å². The van der Waals surface area contributed by atoms with Gasteiger partial charge in [-0.05, 0) is 18.4 Å². The number of hydrogen-bond acceptors (Lipinski definition) is 2. The first-order valence-corrected chi connectivity index (χ1v) is 4.76. The molecule has 1 aromatic carbocycles. The first kappa shape index (κ1) is 8.83. The summed E-state index contributed by atoms with van der Waals surface area (Å²) >= 11 is 0. The Balaban J connectivity index is 2.33. The van der Waals surface area contributed by atoms with Crippen molar-refractivity contribution in [1.82, 2.24) is 0 Å². The summed E-state index contributed by atoms with van der Waals surface area (Å²) in [6.45, 7) is 0. The van der Waals surface area contributed by atoms with Crippen LogP contribution in [0.15, 0.2) is 41.6 Å². The molecule has 2 nitrogen and oxygen atoms in total. The van der Waals surface area contributed by atoms with Gasteiger partial charge in [-0.15, -0.1) is 0 Å². The summed E-state index contributed by atoms with van der Waals surface area (Å²) in [5, 5.41) is 8.81. The van der Waals surface area contributed by atoms with Gasteiger partial charge in [-0.1, -0.05) is 30.3 Å². The summed E-state index contributed by atoms with van der Waals surface area (Å²) < 4.78 is 0. The van der Waals surface area contributed by atoms with Crippen molar-refractivity contribution >= 4 is 0 Å². The molecule has 2 heteroatoms. The van der Waals surface area contributed by atoms with Gasteiger partial charge in [-0.3, -0.25) is 0 Å². The van der Waals surface area contributed by atoms with E-state index in [1.807, 2.05) is 18.2 Å². The lowest BCUT2D eigenvalue weighted by molar-refractivity contribution is 0.764. The lowest BCUT2D eigenvalue weighted by Gasteiger charge is -2.10. The molecule has 1 unspecified atom stereocenters. The van der Waals surface area contributed by atoms with Crippen LogP contribution in [0, 0.1) is 11.3 Å². The maximum Gasteiger partial charge on any atom is 0.0965 e. The summed E-state index contributed by atoms with van der Waals surface area (Å²) in [7, 11) is 0. The van der Waals surface area contributed by atoms with E-state index in [1.165, 1.54) is 5.56 Å². The van der Waals surface area contributed by atoms with Crippen LogP contribution in [0.5, 0.6) is 0 Å². The molecule has 0 heterocycles. The molecule has 14 heavy (non-hydrogen) atoms. The summed E-state index contributed by atoms with van der Waals surface area (Å²) in [6, 6.07) is 12.3. The maximum atomic E-state index is 8.81. The number of rotatable bonds is 1. The van der Waals surface area contributed by atoms with Crippen LogP contribution in [-0.2, 0) is 0 Å². The zero-order chi connectivity index (χ0) is 9.97. The van der Waals surface area contributed by atoms with Crippen LogP contribution in [0.25, 0.3) is 0 Å². The summed E-state index contributed by atoms with van der Waals surface area (Å²) in [6.07, 6.45) is 1.79. The first-order valence-electron chi connectivity index (χ1n) is 4.76. The molecule has 1 aliphatic carbocycles. The molecule has 1 aromatic rings. The molecule has 2 N–H and O–H groups in total. The van der Waals surface area contributed by atoms with Gasteiger partial charge in [-0.2, -0.15) is 5.26 Å². The average Bonchev–Trinajstić information content (AvgIpc) is 2.61. The van der Waals surface area contributed by atoms with Crippen molar-refractivity contribution in [3.8, 4) is 6.07 Å². The zero-order valence-corrected chi connectivity index (χ0v) is 7.90. The molecular weight excluding hydrogens is 172 g/mol. The third-order valence-corrected chi connectivity index (χ3v) is 2.74. The summed E-state index contributed by atoms with van der Waals surface area (Å²) in [5.41, 5.74) is 8.67. The minimum Gasteiger partial charge on any atom is -0.401 e. The highest BCUT2D eigenvalue weighted by Crippen LogP contribution is 2.35. The Morgan fingerprint density at radius 3 is 2.57 bits per heavy atom. The van der Waals surface area contributed by atoms with Crippen LogP contribution in [0.3, 0.4) is 0 Å². The average molecular weight is 184 g/mol. The lowest BCUT2D eigenvalue weighted by atomic mass is 9.97. The quantitative estimate of drug-likeness (QED) is 0.728. The Labute approximate surface area is 83.7 Å². The maximum absolute atomic E-state index is 8.81. The molecule has 1 aliphatic rings. The minimum absolute atomic E-state index is 0.255. The molecule has 0 aliphatic heterocycles. The second kappa shape index (κ2) is 3.55. The van der Waals surface area contributed by atoms with Gasteiger partial charge in [0.25, 0.3) is 0 Å². The largest absolute Gasteiger partial charge is 0.401 e. The fraction of sp³-hybridized carbons (Fsp3) is 0.250. The number of allylic oxidation sites excluding steroid dienone is 2. The molecule has 0 aromatic heterocycles. The number of nitrogens with two attached hydrogens (primary N) is 1. The monoisotopic (exact) mass is 184 g/mol. The highest BCUT2D eigenvalue weighted by molar-refractivity contribution is 5.39. The SMILES string of the molecule is N#CC1=C(N)C(c2ccccc2)CC1. The van der Waals surface area contributed by atoms with E-state index < -0.39 is 0 Å². The van der Waals surface area contributed by atoms with Crippen LogP contribution in [0.1, 0.15) is 24.3 Å². The lowest BCUT2D eigenvalue weighted by Crippen LogP contribution is -2.06. The second-order valence-electron chi connectivity index (χ2n) is 3.55. The van der Waals surface area contributed by atoms with E-state index in [4.69, 9.17) is 11.0 Å². The number of hydrogen-bond donors (Lipinski definition) is 1. The minimum atomic E-state index is 0.255. The molecular formula is C12H12N2. The molecule has 1 atom stereocenters. The normalized spacial score (nSPS) is 20.9. The number of nitriles is 1. The zero-order valence-electron chi connectivity index (χ0n) is 7.90. The van der Waals surface area contributed by atoms with E-state index >= 15 is 0 Å². The van der Waals surface area contributed by atoms with E-state index in [0.29, 0.717) is 0 Å². The first-order chi connectivity index (χ1) is 6.83. The van der Waals surface area contributed by atoms with E-state index in [9.17, 15) is 0 Å². The number of benzene rings is 1. The van der Waals surface area contributed by atoms with Crippen LogP contribution >= 0.6 is 0 Å². The third-order valence-electron chi connectivity index (χ3n) is 2.74. The molecule has 0 spiro atoms. The Hall–Kier alpha value is -1.75. The highest BCUT2D eigenvalue weighted by Gasteiger charge is 2.24. The smallest absolute Gasteiger partial charge is 0.0965 e. The predicted octanol–water partition coefficient (Wildman–Crippen LogP) is 2.30. The standard InChI is InChI=1S/C12H12N2/c13-8-10-6-7-11(12(10)14)9-4-2-1-3-5-9/h1-5,11H,6-7,14H2. The van der Waals surface area contributed by atoms with Crippen molar-refractivity contribution in [3.05, 3.63) is 47.2 Å². The summed E-state index contributed by atoms with van der Waals surface area (Å²) in [4.78, 5) is 0. The van der Waals surface area contributed by atoms with E-state index in [2.05, 4.69) is 18.2 Å². The van der Waals surface area contributed by atoms with Gasteiger partial charge in [-0.25, -0.2) is 0 Å². The van der Waals surface area contributed by atoms with E-state index in [-0.39, 0.29) is 5.92 Å². The number of nitrogens with zero attached hydrogens (tertiary/aromatic N) is 1. The van der Waals surface area contributed by atoms with Gasteiger partial charge < -0.3 is 5.73 Å². The molecule has 0 fully saturated rings. The molecule has 2 rings (SSSR count). The summed E-state index contributed by atoms with van der Waals surface area (Å²) in [5.74, 6) is 0.255. The molecule has 0 saturated carbocycles. The van der Waals surface area contributed by atoms with Crippen molar-refractivity contribution in [2.75, 3.05) is 0 Å². The van der Waals surface area contributed by atoms with E-state index in [0.717, 1.165) is 24.1 Å². The van der Waals surface area contributed by atoms with Gasteiger partial charge in [0.1, 0.15) is 0 Å².